The van der Waals surface area contributed by atoms with Crippen LogP contribution in [-0.4, -0.2) is 65.7 Å². The molecule has 0 saturated carbocycles. The van der Waals surface area contributed by atoms with Gasteiger partial charge in [0.25, 0.3) is 0 Å². The van der Waals surface area contributed by atoms with E-state index in [1.54, 1.807) is 0 Å². The van der Waals surface area contributed by atoms with Gasteiger partial charge in [0, 0.05) is 12.8 Å². The number of carbonyl (C=O) groups excluding carboxylic acids is 2. The van der Waals surface area contributed by atoms with Crippen molar-refractivity contribution in [2.75, 3.05) is 26.4 Å². The van der Waals surface area contributed by atoms with E-state index in [1.165, 1.54) is 186 Å². The lowest BCUT2D eigenvalue weighted by Crippen LogP contribution is -2.29. The monoisotopic (exact) mass is 957 g/mol. The summed E-state index contributed by atoms with van der Waals surface area (Å²) in [6, 6.07) is 0. The van der Waals surface area contributed by atoms with Crippen molar-refractivity contribution < 1.29 is 47.8 Å². The maximum absolute atomic E-state index is 12.7. The van der Waals surface area contributed by atoms with E-state index in [2.05, 4.69) is 38.2 Å². The fourth-order valence-corrected chi connectivity index (χ4v) is 8.88. The summed E-state index contributed by atoms with van der Waals surface area (Å²) in [6.07, 6.45) is 55.8. The summed E-state index contributed by atoms with van der Waals surface area (Å²) >= 11 is 0. The highest BCUT2D eigenvalue weighted by Gasteiger charge is 2.27. The molecule has 10 nitrogen and oxygen atoms in total. The molecule has 0 aliphatic carbocycles. The number of carbonyl (C=O) groups is 2. The Morgan fingerprint density at radius 3 is 1.20 bits per heavy atom. The standard InChI is InChI=1S/C55H105O10P/c1-3-5-7-9-11-13-15-17-19-21-23-24-25-26-27-29-30-32-34-36-38-40-42-44-46-54(58)62-50-53(51-64-66(60,61)63-49-52(57)48-56)65-55(59)47-45-43-41-39-37-35-33-31-28-22-20-18-16-14-12-10-8-6-4-2/h12,14,18,20,52-53,56-57H,3-11,13,15-17,19,21-51H2,1-2H3,(H,60,61)/b14-12-,20-18-. The molecule has 3 N–H and O–H groups in total. The van der Waals surface area contributed by atoms with Crippen molar-refractivity contribution in [3.8, 4) is 0 Å². The first-order valence-electron chi connectivity index (χ1n) is 27.8. The molecular formula is C55H105O10P. The van der Waals surface area contributed by atoms with E-state index in [0.29, 0.717) is 12.8 Å². The molecule has 11 heteroatoms. The zero-order valence-electron chi connectivity index (χ0n) is 42.9. The Morgan fingerprint density at radius 1 is 0.455 bits per heavy atom. The van der Waals surface area contributed by atoms with Crippen LogP contribution in [0, 0.1) is 0 Å². The van der Waals surface area contributed by atoms with E-state index in [0.717, 1.165) is 51.4 Å². The highest BCUT2D eigenvalue weighted by molar-refractivity contribution is 7.47. The highest BCUT2D eigenvalue weighted by Crippen LogP contribution is 2.43. The fourth-order valence-electron chi connectivity index (χ4n) is 8.09. The predicted octanol–water partition coefficient (Wildman–Crippen LogP) is 16.1. The second-order valence-corrected chi connectivity index (χ2v) is 20.4. The van der Waals surface area contributed by atoms with Crippen LogP contribution in [-0.2, 0) is 32.7 Å². The summed E-state index contributed by atoms with van der Waals surface area (Å²) < 4.78 is 32.9. The molecule has 0 heterocycles. The number of unbranched alkanes of at least 4 members (excludes halogenated alkanes) is 35. The average Bonchev–Trinajstić information content (AvgIpc) is 3.31. The molecule has 3 unspecified atom stereocenters. The van der Waals surface area contributed by atoms with E-state index in [1.807, 2.05) is 0 Å². The van der Waals surface area contributed by atoms with Crippen molar-refractivity contribution >= 4 is 19.8 Å². The van der Waals surface area contributed by atoms with Gasteiger partial charge in [-0.2, -0.15) is 0 Å². The molecule has 0 aliphatic heterocycles. The number of phosphoric ester groups is 1. The molecule has 0 saturated heterocycles. The third-order valence-electron chi connectivity index (χ3n) is 12.4. The Labute approximate surface area is 406 Å². The van der Waals surface area contributed by atoms with Gasteiger partial charge in [0.2, 0.25) is 0 Å². The average molecular weight is 957 g/mol. The normalized spacial score (nSPS) is 13.7. The zero-order valence-corrected chi connectivity index (χ0v) is 43.8. The highest BCUT2D eigenvalue weighted by atomic mass is 31.2. The van der Waals surface area contributed by atoms with Gasteiger partial charge < -0.3 is 24.6 Å². The van der Waals surface area contributed by atoms with Crippen LogP contribution >= 0.6 is 7.82 Å². The molecule has 0 radical (unpaired) electrons. The van der Waals surface area contributed by atoms with E-state index < -0.39 is 51.8 Å². The third kappa shape index (κ3) is 50.3. The number of aliphatic hydroxyl groups excluding tert-OH is 2. The van der Waals surface area contributed by atoms with Gasteiger partial charge in [-0.05, 0) is 44.9 Å². The Hall–Kier alpha value is -1.55. The van der Waals surface area contributed by atoms with Crippen molar-refractivity contribution in [1.82, 2.24) is 0 Å². The number of aliphatic hydroxyl groups is 2. The number of hydrogen-bond acceptors (Lipinski definition) is 9. The molecule has 0 spiro atoms. The largest absolute Gasteiger partial charge is 0.472 e. The van der Waals surface area contributed by atoms with E-state index in [4.69, 9.17) is 23.6 Å². The Morgan fingerprint density at radius 2 is 0.788 bits per heavy atom. The van der Waals surface area contributed by atoms with E-state index in [-0.39, 0.29) is 19.4 Å². The third-order valence-corrected chi connectivity index (χ3v) is 13.3. The number of rotatable bonds is 53. The fraction of sp³-hybridized carbons (Fsp3) is 0.891. The van der Waals surface area contributed by atoms with Gasteiger partial charge in [-0.1, -0.05) is 244 Å². The maximum atomic E-state index is 12.7. The quantitative estimate of drug-likeness (QED) is 0.0233. The summed E-state index contributed by atoms with van der Waals surface area (Å²) in [5.74, 6) is -0.913. The summed E-state index contributed by atoms with van der Waals surface area (Å²) in [6.45, 7) is 2.42. The second kappa shape index (κ2) is 51.3. The molecule has 3 atom stereocenters. The molecule has 0 aromatic carbocycles. The van der Waals surface area contributed by atoms with Crippen LogP contribution in [0.1, 0.15) is 277 Å². The smallest absolute Gasteiger partial charge is 0.462 e. The van der Waals surface area contributed by atoms with Gasteiger partial charge in [-0.15, -0.1) is 0 Å². The molecule has 66 heavy (non-hydrogen) atoms. The summed E-state index contributed by atoms with van der Waals surface area (Å²) in [7, 11) is -4.62. The molecule has 0 bridgehead atoms. The van der Waals surface area contributed by atoms with Gasteiger partial charge in [-0.25, -0.2) is 4.57 Å². The Balaban J connectivity index is 4.08. The van der Waals surface area contributed by atoms with Crippen LogP contribution in [0.4, 0.5) is 0 Å². The van der Waals surface area contributed by atoms with Crippen LogP contribution < -0.4 is 0 Å². The molecule has 0 rings (SSSR count). The first-order valence-corrected chi connectivity index (χ1v) is 29.3. The van der Waals surface area contributed by atoms with Gasteiger partial charge in [0.15, 0.2) is 6.10 Å². The maximum Gasteiger partial charge on any atom is 0.472 e. The number of allylic oxidation sites excluding steroid dienone is 4. The molecule has 0 aromatic rings. The minimum absolute atomic E-state index is 0.183. The first kappa shape index (κ1) is 64.5. The van der Waals surface area contributed by atoms with Gasteiger partial charge in [-0.3, -0.25) is 18.6 Å². The molecular weight excluding hydrogens is 852 g/mol. The molecule has 0 fully saturated rings. The van der Waals surface area contributed by atoms with Crippen LogP contribution in [0.2, 0.25) is 0 Å². The molecule has 390 valence electrons. The van der Waals surface area contributed by atoms with E-state index in [9.17, 15) is 24.2 Å². The molecule has 0 aliphatic rings. The minimum atomic E-state index is -4.62. The van der Waals surface area contributed by atoms with Gasteiger partial charge in [0.05, 0.1) is 19.8 Å². The predicted molar refractivity (Wildman–Crippen MR) is 275 cm³/mol. The van der Waals surface area contributed by atoms with Crippen LogP contribution in [0.15, 0.2) is 24.3 Å². The SMILES string of the molecule is CCCCC/C=C\C/C=C\CCCCCCCCCCCC(=O)OC(COC(=O)CCCCCCCCCCCCCCCCCCCCCCCCCC)COP(=O)(O)OCC(O)CO. The van der Waals surface area contributed by atoms with Crippen molar-refractivity contribution in [3.63, 3.8) is 0 Å². The lowest BCUT2D eigenvalue weighted by Gasteiger charge is -2.20. The van der Waals surface area contributed by atoms with Gasteiger partial charge in [0.1, 0.15) is 12.7 Å². The van der Waals surface area contributed by atoms with Crippen LogP contribution in [0.25, 0.3) is 0 Å². The van der Waals surface area contributed by atoms with Crippen LogP contribution in [0.5, 0.6) is 0 Å². The van der Waals surface area contributed by atoms with Gasteiger partial charge >= 0.3 is 19.8 Å². The Kier molecular flexibility index (Phi) is 50.1. The lowest BCUT2D eigenvalue weighted by molar-refractivity contribution is -0.161. The minimum Gasteiger partial charge on any atom is -0.462 e. The van der Waals surface area contributed by atoms with Crippen LogP contribution in [0.3, 0.4) is 0 Å². The summed E-state index contributed by atoms with van der Waals surface area (Å²) in [4.78, 5) is 35.3. The number of phosphoric acid groups is 1. The summed E-state index contributed by atoms with van der Waals surface area (Å²) in [5.41, 5.74) is 0. The van der Waals surface area contributed by atoms with E-state index >= 15 is 0 Å². The van der Waals surface area contributed by atoms with Crippen molar-refractivity contribution in [3.05, 3.63) is 24.3 Å². The first-order chi connectivity index (χ1) is 32.2. The molecule has 0 amide bonds. The van der Waals surface area contributed by atoms with Crippen molar-refractivity contribution in [2.24, 2.45) is 0 Å². The number of esters is 2. The Bertz CT molecular complexity index is 1150. The summed E-state index contributed by atoms with van der Waals surface area (Å²) in [5, 5.41) is 18.4. The topological polar surface area (TPSA) is 149 Å². The van der Waals surface area contributed by atoms with Crippen molar-refractivity contribution in [2.45, 2.75) is 289 Å². The van der Waals surface area contributed by atoms with Crippen molar-refractivity contribution in [1.29, 1.82) is 0 Å². The second-order valence-electron chi connectivity index (χ2n) is 19.0. The number of hydrogen-bond donors (Lipinski definition) is 3. The zero-order chi connectivity index (χ0) is 48.3. The lowest BCUT2D eigenvalue weighted by atomic mass is 10.0. The number of ether oxygens (including phenoxy) is 2. The molecule has 0 aromatic heterocycles.